The third kappa shape index (κ3) is 9.58. The summed E-state index contributed by atoms with van der Waals surface area (Å²) in [4.78, 5) is 54.9. The van der Waals surface area contributed by atoms with E-state index < -0.39 is 23.9 Å². The van der Waals surface area contributed by atoms with Gasteiger partial charge in [0, 0.05) is 22.3 Å². The highest BCUT2D eigenvalue weighted by Gasteiger charge is 2.38. The van der Waals surface area contributed by atoms with Crippen LogP contribution in [0.5, 0.6) is 0 Å². The van der Waals surface area contributed by atoms with Gasteiger partial charge in [-0.2, -0.15) is 0 Å². The first-order valence-corrected chi connectivity index (χ1v) is 18.4. The van der Waals surface area contributed by atoms with Gasteiger partial charge in [0.2, 0.25) is 0 Å². The smallest absolute Gasteiger partial charge is 0.339 e. The van der Waals surface area contributed by atoms with E-state index >= 15 is 0 Å². The lowest BCUT2D eigenvalue weighted by Crippen LogP contribution is -2.20. The molecule has 274 valence electrons. The van der Waals surface area contributed by atoms with E-state index in [9.17, 15) is 19.2 Å². The summed E-state index contributed by atoms with van der Waals surface area (Å²) < 4.78 is 34.4. The lowest BCUT2D eigenvalue weighted by molar-refractivity contribution is -0.139. The Hall–Kier alpha value is -4.08. The maximum absolute atomic E-state index is 13.9. The molecule has 4 bridgehead atoms. The summed E-state index contributed by atoms with van der Waals surface area (Å²) in [6.07, 6.45) is 20.1. The summed E-state index contributed by atoms with van der Waals surface area (Å²) in [6, 6.07) is 0. The van der Waals surface area contributed by atoms with Crippen molar-refractivity contribution in [1.29, 1.82) is 0 Å². The molecular formula is C40H54O10. The third-order valence-electron chi connectivity index (χ3n) is 9.94. The average Bonchev–Trinajstić information content (AvgIpc) is 3.39. The molecule has 0 spiro atoms. The Balaban J connectivity index is 2.11. The van der Waals surface area contributed by atoms with E-state index in [1.807, 2.05) is 0 Å². The van der Waals surface area contributed by atoms with Gasteiger partial charge in [0.15, 0.2) is 11.5 Å². The minimum absolute atomic E-state index is 0.0572. The summed E-state index contributed by atoms with van der Waals surface area (Å²) in [6.45, 7) is 0. The normalized spacial score (nSPS) is 20.6. The van der Waals surface area contributed by atoms with Crippen molar-refractivity contribution in [3.8, 4) is 0 Å². The zero-order valence-electron chi connectivity index (χ0n) is 30.4. The molecule has 0 N–H and O–H groups in total. The molecular weight excluding hydrogens is 640 g/mol. The van der Waals surface area contributed by atoms with E-state index in [1.54, 1.807) is 0 Å². The summed E-state index contributed by atoms with van der Waals surface area (Å²) in [5.74, 6) is -2.36. The van der Waals surface area contributed by atoms with Crippen molar-refractivity contribution < 1.29 is 47.6 Å². The summed E-state index contributed by atoms with van der Waals surface area (Å²) >= 11 is 0. The summed E-state index contributed by atoms with van der Waals surface area (Å²) in [5.41, 5.74) is 2.20. The Morgan fingerprint density at radius 2 is 0.660 bits per heavy atom. The van der Waals surface area contributed by atoms with Crippen molar-refractivity contribution in [3.63, 3.8) is 0 Å². The van der Waals surface area contributed by atoms with Crippen LogP contribution >= 0.6 is 0 Å². The molecule has 0 atom stereocenters. The molecule has 2 aliphatic heterocycles. The highest BCUT2D eigenvalue weighted by molar-refractivity contribution is 6.08. The topological polar surface area (TPSA) is 124 Å². The van der Waals surface area contributed by atoms with Gasteiger partial charge in [0.25, 0.3) is 0 Å². The minimum atomic E-state index is -0.703. The Labute approximate surface area is 296 Å². The van der Waals surface area contributed by atoms with Crippen LogP contribution in [0.25, 0.3) is 0 Å². The van der Waals surface area contributed by atoms with Gasteiger partial charge in [-0.25, -0.2) is 19.2 Å². The number of esters is 4. The largest absolute Gasteiger partial charge is 0.465 e. The number of carbonyl (C=O) groups excluding carboxylic acids is 4. The molecule has 2 heterocycles. The molecule has 0 aromatic heterocycles. The Kier molecular flexibility index (Phi) is 15.4. The molecule has 10 heteroatoms. The Morgan fingerprint density at radius 3 is 0.960 bits per heavy atom. The Morgan fingerprint density at radius 1 is 0.400 bits per heavy atom. The van der Waals surface area contributed by atoms with Gasteiger partial charge in [0.05, 0.1) is 63.3 Å². The highest BCUT2D eigenvalue weighted by atomic mass is 16.5. The second-order valence-electron chi connectivity index (χ2n) is 13.3. The first-order chi connectivity index (χ1) is 24.4. The lowest BCUT2D eigenvalue weighted by atomic mass is 9.86. The number of rotatable bonds is 5. The maximum atomic E-state index is 13.9. The van der Waals surface area contributed by atoms with Crippen LogP contribution in [0.1, 0.15) is 128 Å². The number of methoxy groups -OCH3 is 4. The molecule has 50 heavy (non-hydrogen) atoms. The molecule has 0 amide bonds. The van der Waals surface area contributed by atoms with Crippen LogP contribution in [-0.2, 0) is 47.6 Å². The summed E-state index contributed by atoms with van der Waals surface area (Å²) in [5, 5.41) is 0. The van der Waals surface area contributed by atoms with Crippen LogP contribution in [0.15, 0.2) is 68.6 Å². The van der Waals surface area contributed by atoms with Crippen LogP contribution in [0.2, 0.25) is 0 Å². The van der Waals surface area contributed by atoms with Crippen LogP contribution < -0.4 is 0 Å². The van der Waals surface area contributed by atoms with E-state index in [0.717, 1.165) is 89.9 Å². The van der Waals surface area contributed by atoms with Crippen LogP contribution in [0, 0.1) is 0 Å². The average molecular weight is 695 g/mol. The van der Waals surface area contributed by atoms with Crippen molar-refractivity contribution in [3.05, 3.63) is 68.6 Å². The molecule has 0 aromatic rings. The molecule has 0 saturated heterocycles. The molecule has 4 rings (SSSR count). The number of fused-ring (bicyclic) bond motifs is 4. The van der Waals surface area contributed by atoms with E-state index in [4.69, 9.17) is 28.4 Å². The standard InChI is InChI=1S/C40H54O10/c1-45-37(41)31-27-21-17-13-9-5-7-11-15-19-23-29(33(31)39(43)47-3)35(49-25-27)36-30-24-20-16-12-8-6-10-14-18-22-28(26-50-36)32(38(42)46-2)34(30)40(44)48-4/h25-26H,5-24H2,1-4H3. The fraction of sp³-hybridized carbons (Fsp3) is 0.600. The number of ether oxygens (including phenoxy) is 6. The van der Waals surface area contributed by atoms with Gasteiger partial charge >= 0.3 is 23.9 Å². The van der Waals surface area contributed by atoms with Gasteiger partial charge in [-0.1, -0.05) is 77.0 Å². The summed E-state index contributed by atoms with van der Waals surface area (Å²) in [7, 11) is 5.14. The van der Waals surface area contributed by atoms with E-state index in [2.05, 4.69) is 0 Å². The molecule has 0 unspecified atom stereocenters. The van der Waals surface area contributed by atoms with E-state index in [1.165, 1.54) is 41.0 Å². The molecule has 4 aliphatic rings. The second kappa shape index (κ2) is 19.9. The maximum Gasteiger partial charge on any atom is 0.339 e. The van der Waals surface area contributed by atoms with E-state index in [-0.39, 0.29) is 33.8 Å². The quantitative estimate of drug-likeness (QED) is 0.205. The molecule has 2 aliphatic carbocycles. The molecule has 10 nitrogen and oxygen atoms in total. The zero-order chi connectivity index (χ0) is 35.9. The second-order valence-corrected chi connectivity index (χ2v) is 13.3. The third-order valence-corrected chi connectivity index (χ3v) is 9.94. The SMILES string of the molecule is COC(=O)C1=C(C(=O)OC)C2=C(C3=C4CCCCCCCCCCC(=CO3)C(C(=O)OC)=C4C(=O)OC)OC=C1CCCCCCCCCC2. The fourth-order valence-corrected chi connectivity index (χ4v) is 7.28. The molecule has 0 fully saturated rings. The molecule has 0 aromatic carbocycles. The van der Waals surface area contributed by atoms with Crippen molar-refractivity contribution in [2.24, 2.45) is 0 Å². The van der Waals surface area contributed by atoms with Crippen LogP contribution in [-0.4, -0.2) is 52.3 Å². The van der Waals surface area contributed by atoms with Gasteiger partial charge < -0.3 is 28.4 Å². The zero-order valence-corrected chi connectivity index (χ0v) is 30.4. The van der Waals surface area contributed by atoms with Crippen LogP contribution in [0.3, 0.4) is 0 Å². The van der Waals surface area contributed by atoms with E-state index in [0.29, 0.717) is 60.8 Å². The van der Waals surface area contributed by atoms with Crippen LogP contribution in [0.4, 0.5) is 0 Å². The predicted molar refractivity (Wildman–Crippen MR) is 187 cm³/mol. The fourth-order valence-electron chi connectivity index (χ4n) is 7.28. The van der Waals surface area contributed by atoms with Gasteiger partial charge in [-0.3, -0.25) is 0 Å². The Bertz CT molecular complexity index is 1360. The highest BCUT2D eigenvalue weighted by Crippen LogP contribution is 2.43. The van der Waals surface area contributed by atoms with Crippen molar-refractivity contribution >= 4 is 23.9 Å². The monoisotopic (exact) mass is 694 g/mol. The van der Waals surface area contributed by atoms with Gasteiger partial charge in [0.1, 0.15) is 0 Å². The number of hydrogen-bond acceptors (Lipinski definition) is 10. The first kappa shape index (κ1) is 38.7. The van der Waals surface area contributed by atoms with Crippen molar-refractivity contribution in [1.82, 2.24) is 0 Å². The number of hydrogen-bond donors (Lipinski definition) is 0. The predicted octanol–water partition coefficient (Wildman–Crippen LogP) is 8.44. The minimum Gasteiger partial charge on any atom is -0.465 e. The van der Waals surface area contributed by atoms with Gasteiger partial charge in [-0.05, 0) is 51.4 Å². The molecule has 0 radical (unpaired) electrons. The lowest BCUT2D eigenvalue weighted by Gasteiger charge is -2.21. The van der Waals surface area contributed by atoms with Crippen molar-refractivity contribution in [2.75, 3.05) is 28.4 Å². The van der Waals surface area contributed by atoms with Crippen molar-refractivity contribution in [2.45, 2.75) is 128 Å². The number of carbonyl (C=O) groups is 4. The first-order valence-electron chi connectivity index (χ1n) is 18.4. The van der Waals surface area contributed by atoms with Gasteiger partial charge in [-0.15, -0.1) is 0 Å². The molecule has 0 saturated carbocycles.